The van der Waals surface area contributed by atoms with Crippen molar-refractivity contribution in [2.75, 3.05) is 36.4 Å². The topological polar surface area (TPSA) is 78.7 Å². The number of amides is 1. The maximum absolute atomic E-state index is 12.7. The molecule has 1 N–H and O–H groups in total. The number of hydrogen-bond acceptors (Lipinski definition) is 6. The van der Waals surface area contributed by atoms with Crippen molar-refractivity contribution in [1.82, 2.24) is 4.90 Å². The Balaban J connectivity index is 1.18. The molecule has 186 valence electrons. The van der Waals surface area contributed by atoms with Crippen molar-refractivity contribution < 1.29 is 9.72 Å². The molecule has 1 unspecified atom stereocenters. The summed E-state index contributed by atoms with van der Waals surface area (Å²) in [6, 6.07) is 9.46. The standard InChI is InChI=1S/C27H34N4O3S/c1-18(27-15-19-11-20(16-27)13-21(12-19)17-27)28-23-14-22(4-5-24(23)31(33)34)29-6-8-30(9-7-29)26(32)25-3-2-10-35-25/h2-5,10,14,18-21,28H,6-9,11-13,15-17H2,1H3. The fourth-order valence-corrected chi connectivity index (χ4v) is 8.50. The van der Waals surface area contributed by atoms with Crippen molar-refractivity contribution in [2.24, 2.45) is 23.2 Å². The van der Waals surface area contributed by atoms with Crippen molar-refractivity contribution in [3.05, 3.63) is 50.7 Å². The van der Waals surface area contributed by atoms with Crippen LogP contribution in [0.15, 0.2) is 35.7 Å². The van der Waals surface area contributed by atoms with Gasteiger partial charge in [-0.25, -0.2) is 0 Å². The van der Waals surface area contributed by atoms with Crippen LogP contribution in [0.1, 0.15) is 55.1 Å². The number of carbonyl (C=O) groups excluding carboxylic acids is 1. The van der Waals surface area contributed by atoms with Gasteiger partial charge in [-0.15, -0.1) is 11.3 Å². The minimum Gasteiger partial charge on any atom is -0.376 e. The molecule has 1 amide bonds. The second-order valence-corrected chi connectivity index (χ2v) is 12.3. The van der Waals surface area contributed by atoms with E-state index in [2.05, 4.69) is 17.1 Å². The van der Waals surface area contributed by atoms with Gasteiger partial charge in [-0.3, -0.25) is 14.9 Å². The van der Waals surface area contributed by atoms with E-state index in [1.54, 1.807) is 6.07 Å². The number of carbonyl (C=O) groups is 1. The number of anilines is 2. The number of rotatable bonds is 6. The van der Waals surface area contributed by atoms with Crippen LogP contribution < -0.4 is 10.2 Å². The molecule has 2 heterocycles. The molecule has 7 rings (SSSR count). The quantitative estimate of drug-likeness (QED) is 0.416. The maximum Gasteiger partial charge on any atom is 0.292 e. The van der Waals surface area contributed by atoms with Gasteiger partial charge in [0.1, 0.15) is 5.69 Å². The molecule has 1 aromatic heterocycles. The van der Waals surface area contributed by atoms with Gasteiger partial charge in [0.2, 0.25) is 0 Å². The number of nitrogens with one attached hydrogen (secondary N) is 1. The molecule has 8 heteroatoms. The first-order valence-electron chi connectivity index (χ1n) is 13.0. The predicted molar refractivity (Wildman–Crippen MR) is 139 cm³/mol. The van der Waals surface area contributed by atoms with E-state index in [0.717, 1.165) is 41.4 Å². The first-order valence-corrected chi connectivity index (χ1v) is 13.9. The van der Waals surface area contributed by atoms with Gasteiger partial charge in [-0.2, -0.15) is 0 Å². The van der Waals surface area contributed by atoms with Gasteiger partial charge in [-0.05, 0) is 92.2 Å². The summed E-state index contributed by atoms with van der Waals surface area (Å²) in [5, 5.41) is 17.5. The minimum atomic E-state index is -0.268. The molecule has 0 spiro atoms. The van der Waals surface area contributed by atoms with Crippen LogP contribution in [0.3, 0.4) is 0 Å². The molecule has 4 bridgehead atoms. The van der Waals surface area contributed by atoms with Gasteiger partial charge in [-0.1, -0.05) is 6.07 Å². The lowest BCUT2D eigenvalue weighted by atomic mass is 9.48. The zero-order valence-corrected chi connectivity index (χ0v) is 21.1. The van der Waals surface area contributed by atoms with E-state index in [4.69, 9.17) is 0 Å². The fourth-order valence-electron chi connectivity index (χ4n) is 7.81. The normalized spacial score (nSPS) is 30.4. The van der Waals surface area contributed by atoms with Crippen molar-refractivity contribution in [3.8, 4) is 0 Å². The Morgan fingerprint density at radius 3 is 2.31 bits per heavy atom. The Morgan fingerprint density at radius 2 is 1.74 bits per heavy atom. The van der Waals surface area contributed by atoms with Crippen molar-refractivity contribution >= 4 is 34.3 Å². The average molecular weight is 495 g/mol. The molecule has 5 fully saturated rings. The average Bonchev–Trinajstić information content (AvgIpc) is 3.38. The number of nitro benzene ring substituents is 1. The predicted octanol–water partition coefficient (Wildman–Crippen LogP) is 5.64. The Morgan fingerprint density at radius 1 is 1.09 bits per heavy atom. The van der Waals surface area contributed by atoms with E-state index in [9.17, 15) is 14.9 Å². The molecular weight excluding hydrogens is 460 g/mol. The number of benzene rings is 1. The third-order valence-electron chi connectivity index (χ3n) is 9.22. The smallest absolute Gasteiger partial charge is 0.292 e. The summed E-state index contributed by atoms with van der Waals surface area (Å²) in [7, 11) is 0. The first-order chi connectivity index (χ1) is 16.9. The summed E-state index contributed by atoms with van der Waals surface area (Å²) < 4.78 is 0. The summed E-state index contributed by atoms with van der Waals surface area (Å²) >= 11 is 1.48. The zero-order chi connectivity index (χ0) is 24.2. The largest absolute Gasteiger partial charge is 0.376 e. The highest BCUT2D eigenvalue weighted by Crippen LogP contribution is 2.61. The number of nitrogens with zero attached hydrogens (tertiary/aromatic N) is 3. The summed E-state index contributed by atoms with van der Waals surface area (Å²) in [6.07, 6.45) is 7.97. The van der Waals surface area contributed by atoms with E-state index in [0.29, 0.717) is 18.8 Å². The summed E-state index contributed by atoms with van der Waals surface area (Å²) in [4.78, 5) is 29.2. The number of piperazine rings is 1. The minimum absolute atomic E-state index is 0.0927. The third-order valence-corrected chi connectivity index (χ3v) is 10.1. The lowest BCUT2D eigenvalue weighted by molar-refractivity contribution is -0.384. The molecular formula is C27H34N4O3S. The molecule has 1 aliphatic heterocycles. The second-order valence-electron chi connectivity index (χ2n) is 11.4. The van der Waals surface area contributed by atoms with E-state index in [-0.39, 0.29) is 28.0 Å². The molecule has 7 nitrogen and oxygen atoms in total. The van der Waals surface area contributed by atoms with Crippen molar-refractivity contribution in [3.63, 3.8) is 0 Å². The van der Waals surface area contributed by atoms with E-state index in [1.165, 1.54) is 49.9 Å². The molecule has 4 aliphatic carbocycles. The van der Waals surface area contributed by atoms with Gasteiger partial charge >= 0.3 is 0 Å². The van der Waals surface area contributed by atoms with Gasteiger partial charge in [0.15, 0.2) is 0 Å². The Kier molecular flexibility index (Phi) is 5.74. The summed E-state index contributed by atoms with van der Waals surface area (Å²) in [6.45, 7) is 5.00. The Labute approximate surface area is 210 Å². The van der Waals surface area contributed by atoms with Gasteiger partial charge < -0.3 is 15.1 Å². The molecule has 35 heavy (non-hydrogen) atoms. The highest BCUT2D eigenvalue weighted by Gasteiger charge is 2.53. The van der Waals surface area contributed by atoms with Gasteiger partial charge in [0.25, 0.3) is 11.6 Å². The highest BCUT2D eigenvalue weighted by molar-refractivity contribution is 7.12. The SMILES string of the molecule is CC(Nc1cc(N2CCN(C(=O)c3cccs3)CC2)ccc1[N+](=O)[O-])C12CC3CC(CC(C3)C1)C2. The van der Waals surface area contributed by atoms with Crippen molar-refractivity contribution in [2.45, 2.75) is 51.5 Å². The highest BCUT2D eigenvalue weighted by atomic mass is 32.1. The van der Waals surface area contributed by atoms with Crippen LogP contribution in [0.2, 0.25) is 0 Å². The summed E-state index contributed by atoms with van der Waals surface area (Å²) in [5.41, 5.74) is 2.04. The molecule has 0 radical (unpaired) electrons. The monoisotopic (exact) mass is 494 g/mol. The Bertz CT molecular complexity index is 1070. The molecule has 2 aromatic rings. The maximum atomic E-state index is 12.7. The van der Waals surface area contributed by atoms with Crippen LogP contribution in [0.4, 0.5) is 17.1 Å². The van der Waals surface area contributed by atoms with Gasteiger partial charge in [0, 0.05) is 44.0 Å². The fraction of sp³-hybridized carbons (Fsp3) is 0.593. The first kappa shape index (κ1) is 22.8. The van der Waals surface area contributed by atoms with Crippen LogP contribution >= 0.6 is 11.3 Å². The number of nitro groups is 1. The zero-order valence-electron chi connectivity index (χ0n) is 20.3. The molecule has 5 aliphatic rings. The Hall–Kier alpha value is -2.61. The van der Waals surface area contributed by atoms with Crippen LogP contribution in [0.5, 0.6) is 0 Å². The number of thiophene rings is 1. The van der Waals surface area contributed by atoms with E-state index in [1.807, 2.05) is 34.5 Å². The third kappa shape index (κ3) is 4.20. The lowest BCUT2D eigenvalue weighted by Gasteiger charge is -2.59. The molecule has 4 saturated carbocycles. The van der Waals surface area contributed by atoms with Crippen LogP contribution in [0.25, 0.3) is 0 Å². The number of hydrogen-bond donors (Lipinski definition) is 1. The molecule has 1 atom stereocenters. The van der Waals surface area contributed by atoms with Crippen LogP contribution in [0, 0.1) is 33.3 Å². The van der Waals surface area contributed by atoms with Crippen LogP contribution in [-0.4, -0.2) is 48.0 Å². The lowest BCUT2D eigenvalue weighted by Crippen LogP contribution is -2.53. The summed E-state index contributed by atoms with van der Waals surface area (Å²) in [5.74, 6) is 2.63. The van der Waals surface area contributed by atoms with Gasteiger partial charge in [0.05, 0.1) is 9.80 Å². The van der Waals surface area contributed by atoms with Crippen LogP contribution in [-0.2, 0) is 0 Å². The molecule has 1 saturated heterocycles. The van der Waals surface area contributed by atoms with E-state index < -0.39 is 0 Å². The van der Waals surface area contributed by atoms with Crippen molar-refractivity contribution in [1.29, 1.82) is 0 Å². The van der Waals surface area contributed by atoms with E-state index >= 15 is 0 Å². The second kappa shape index (κ2) is 8.80. The molecule has 1 aromatic carbocycles.